The average molecular weight is 409 g/mol. The highest BCUT2D eigenvalue weighted by Crippen LogP contribution is 2.22. The van der Waals surface area contributed by atoms with Crippen molar-refractivity contribution in [1.82, 2.24) is 9.88 Å². The van der Waals surface area contributed by atoms with Crippen molar-refractivity contribution in [3.05, 3.63) is 70.9 Å². The number of aliphatic hydroxyl groups is 1. The Balaban J connectivity index is 1.76. The lowest BCUT2D eigenvalue weighted by Crippen LogP contribution is -2.37. The molecular formula is C25H32N2O3. The van der Waals surface area contributed by atoms with E-state index in [1.165, 1.54) is 16.5 Å². The number of fused-ring (bicyclic) bond motifs is 1. The van der Waals surface area contributed by atoms with Gasteiger partial charge >= 0.3 is 6.09 Å². The van der Waals surface area contributed by atoms with Crippen LogP contribution in [0.15, 0.2) is 48.7 Å². The zero-order valence-electron chi connectivity index (χ0n) is 18.4. The lowest BCUT2D eigenvalue weighted by Gasteiger charge is -2.27. The van der Waals surface area contributed by atoms with E-state index in [1.54, 1.807) is 4.90 Å². The molecule has 5 heteroatoms. The van der Waals surface area contributed by atoms with Crippen LogP contribution in [0.2, 0.25) is 0 Å². The van der Waals surface area contributed by atoms with Gasteiger partial charge in [-0.2, -0.15) is 0 Å². The highest BCUT2D eigenvalue weighted by atomic mass is 16.6. The molecule has 0 bridgehead atoms. The molecule has 2 aromatic carbocycles. The fourth-order valence-corrected chi connectivity index (χ4v) is 3.55. The summed E-state index contributed by atoms with van der Waals surface area (Å²) in [5.74, 6) is 0. The second kappa shape index (κ2) is 9.35. The molecule has 0 unspecified atom stereocenters. The Morgan fingerprint density at radius 1 is 1.07 bits per heavy atom. The van der Waals surface area contributed by atoms with Crippen LogP contribution in [-0.2, 0) is 24.1 Å². The zero-order valence-corrected chi connectivity index (χ0v) is 18.4. The van der Waals surface area contributed by atoms with E-state index in [0.717, 1.165) is 23.1 Å². The summed E-state index contributed by atoms with van der Waals surface area (Å²) < 4.78 is 5.66. The summed E-state index contributed by atoms with van der Waals surface area (Å²) in [4.78, 5) is 18.0. The fraction of sp³-hybridized carbons (Fsp3) is 0.400. The number of carbonyl (C=O) groups is 1. The molecule has 2 N–H and O–H groups in total. The minimum Gasteiger partial charge on any atom is -0.444 e. The van der Waals surface area contributed by atoms with Gasteiger partial charge in [0.2, 0.25) is 0 Å². The van der Waals surface area contributed by atoms with Gasteiger partial charge in [0.15, 0.2) is 0 Å². The van der Waals surface area contributed by atoms with Crippen molar-refractivity contribution in [3.8, 4) is 0 Å². The summed E-state index contributed by atoms with van der Waals surface area (Å²) in [6, 6.07) is 14.3. The maximum absolute atomic E-state index is 12.9. The number of aliphatic hydroxyl groups excluding tert-OH is 1. The summed E-state index contributed by atoms with van der Waals surface area (Å²) >= 11 is 0. The second-order valence-electron chi connectivity index (χ2n) is 8.75. The van der Waals surface area contributed by atoms with Gasteiger partial charge in [0.25, 0.3) is 0 Å². The van der Waals surface area contributed by atoms with Gasteiger partial charge < -0.3 is 19.7 Å². The van der Waals surface area contributed by atoms with Crippen LogP contribution in [0.1, 0.15) is 43.0 Å². The molecule has 0 saturated carbocycles. The van der Waals surface area contributed by atoms with Crippen LogP contribution in [0.5, 0.6) is 0 Å². The van der Waals surface area contributed by atoms with Crippen molar-refractivity contribution < 1.29 is 14.6 Å². The highest BCUT2D eigenvalue weighted by Gasteiger charge is 2.22. The number of H-pyrrole nitrogens is 1. The molecule has 30 heavy (non-hydrogen) atoms. The van der Waals surface area contributed by atoms with Gasteiger partial charge in [-0.05, 0) is 62.8 Å². The summed E-state index contributed by atoms with van der Waals surface area (Å²) in [6.07, 6.45) is 3.11. The highest BCUT2D eigenvalue weighted by molar-refractivity contribution is 5.85. The lowest BCUT2D eigenvalue weighted by molar-refractivity contribution is 0.0236. The molecule has 0 fully saturated rings. The van der Waals surface area contributed by atoms with Crippen molar-refractivity contribution >= 4 is 17.0 Å². The van der Waals surface area contributed by atoms with Crippen LogP contribution in [0.25, 0.3) is 10.9 Å². The van der Waals surface area contributed by atoms with Gasteiger partial charge in [0, 0.05) is 36.8 Å². The Bertz CT molecular complexity index is 984. The molecule has 0 radical (unpaired) electrons. The van der Waals surface area contributed by atoms with Gasteiger partial charge in [-0.3, -0.25) is 0 Å². The Labute approximate surface area is 178 Å². The topological polar surface area (TPSA) is 65.6 Å². The van der Waals surface area contributed by atoms with Crippen molar-refractivity contribution in [2.75, 3.05) is 13.2 Å². The van der Waals surface area contributed by atoms with Crippen LogP contribution in [0.4, 0.5) is 4.79 Å². The molecule has 0 aliphatic heterocycles. The normalized spacial score (nSPS) is 11.6. The second-order valence-corrected chi connectivity index (χ2v) is 8.75. The Kier molecular flexibility index (Phi) is 6.83. The maximum Gasteiger partial charge on any atom is 0.410 e. The van der Waals surface area contributed by atoms with Gasteiger partial charge in [-0.15, -0.1) is 0 Å². The predicted molar refractivity (Wildman–Crippen MR) is 121 cm³/mol. The zero-order chi connectivity index (χ0) is 21.7. The molecule has 0 aliphatic rings. The van der Waals surface area contributed by atoms with Gasteiger partial charge in [-0.25, -0.2) is 4.79 Å². The maximum atomic E-state index is 12.9. The molecule has 1 heterocycles. The van der Waals surface area contributed by atoms with Gasteiger partial charge in [-0.1, -0.05) is 42.5 Å². The molecule has 1 aromatic heterocycles. The molecule has 0 aliphatic carbocycles. The molecule has 3 aromatic rings. The first-order valence-electron chi connectivity index (χ1n) is 10.5. The van der Waals surface area contributed by atoms with Crippen LogP contribution in [-0.4, -0.2) is 39.8 Å². The van der Waals surface area contributed by atoms with E-state index in [1.807, 2.05) is 51.2 Å². The predicted octanol–water partition coefficient (Wildman–Crippen LogP) is 4.99. The number of para-hydroxylation sites is 1. The molecule has 0 spiro atoms. The fourth-order valence-electron chi connectivity index (χ4n) is 3.55. The van der Waals surface area contributed by atoms with Crippen molar-refractivity contribution in [2.45, 2.75) is 52.7 Å². The van der Waals surface area contributed by atoms with E-state index in [0.29, 0.717) is 19.5 Å². The number of carbonyl (C=O) groups excluding carboxylic acids is 1. The molecule has 1 amide bonds. The number of benzene rings is 2. The van der Waals surface area contributed by atoms with E-state index in [9.17, 15) is 4.79 Å². The van der Waals surface area contributed by atoms with E-state index in [4.69, 9.17) is 9.84 Å². The van der Waals surface area contributed by atoms with Crippen molar-refractivity contribution in [2.24, 2.45) is 0 Å². The SMILES string of the molecule is Cc1cccc2c(CCN(Cc3ccc(CCO)cc3)C(=O)OC(C)(C)C)c[nH]c12. The minimum absolute atomic E-state index is 0.132. The number of aromatic amines is 1. The summed E-state index contributed by atoms with van der Waals surface area (Å²) in [7, 11) is 0. The molecule has 3 rings (SSSR count). The largest absolute Gasteiger partial charge is 0.444 e. The monoisotopic (exact) mass is 408 g/mol. The third-order valence-corrected chi connectivity index (χ3v) is 5.11. The van der Waals surface area contributed by atoms with E-state index >= 15 is 0 Å². The third kappa shape index (κ3) is 5.63. The van der Waals surface area contributed by atoms with Gasteiger partial charge in [0.05, 0.1) is 0 Å². The summed E-state index contributed by atoms with van der Waals surface area (Å²) in [5.41, 5.74) is 5.14. The summed E-state index contributed by atoms with van der Waals surface area (Å²) in [6.45, 7) is 8.92. The number of hydrogen-bond donors (Lipinski definition) is 2. The van der Waals surface area contributed by atoms with E-state index in [-0.39, 0.29) is 12.7 Å². The Hall–Kier alpha value is -2.79. The van der Waals surface area contributed by atoms with Crippen LogP contribution in [0, 0.1) is 6.92 Å². The van der Waals surface area contributed by atoms with Crippen LogP contribution in [0.3, 0.4) is 0 Å². The number of nitrogens with zero attached hydrogens (tertiary/aromatic N) is 1. The number of rotatable bonds is 7. The Morgan fingerprint density at radius 2 is 1.77 bits per heavy atom. The van der Waals surface area contributed by atoms with Crippen molar-refractivity contribution in [3.63, 3.8) is 0 Å². The molecule has 0 saturated heterocycles. The van der Waals surface area contributed by atoms with Crippen molar-refractivity contribution in [1.29, 1.82) is 0 Å². The number of hydrogen-bond acceptors (Lipinski definition) is 3. The first-order chi connectivity index (χ1) is 14.3. The number of amides is 1. The third-order valence-electron chi connectivity index (χ3n) is 5.11. The number of nitrogens with one attached hydrogen (secondary N) is 1. The first-order valence-corrected chi connectivity index (χ1v) is 10.5. The Morgan fingerprint density at radius 3 is 2.43 bits per heavy atom. The van der Waals surface area contributed by atoms with Crippen LogP contribution < -0.4 is 0 Å². The lowest BCUT2D eigenvalue weighted by atomic mass is 10.1. The first kappa shape index (κ1) is 21.9. The molecule has 0 atom stereocenters. The average Bonchev–Trinajstić information content (AvgIpc) is 3.10. The standard InChI is InChI=1S/C25H32N2O3/c1-18-6-5-7-22-21(16-26-23(18)22)12-14-27(24(29)30-25(2,3)4)17-20-10-8-19(9-11-20)13-15-28/h5-11,16,26,28H,12-15,17H2,1-4H3. The number of aromatic nitrogens is 1. The van der Waals surface area contributed by atoms with E-state index < -0.39 is 5.60 Å². The minimum atomic E-state index is -0.543. The smallest absolute Gasteiger partial charge is 0.410 e. The number of ether oxygens (including phenoxy) is 1. The van der Waals surface area contributed by atoms with Crippen LogP contribution >= 0.6 is 0 Å². The molecular weight excluding hydrogens is 376 g/mol. The molecule has 160 valence electrons. The quantitative estimate of drug-likeness (QED) is 0.579. The van der Waals surface area contributed by atoms with Gasteiger partial charge in [0.1, 0.15) is 5.60 Å². The molecule has 5 nitrogen and oxygen atoms in total. The van der Waals surface area contributed by atoms with E-state index in [2.05, 4.69) is 30.1 Å². The number of aryl methyl sites for hydroxylation is 1. The summed E-state index contributed by atoms with van der Waals surface area (Å²) in [5, 5.41) is 10.3.